The van der Waals surface area contributed by atoms with Crippen molar-refractivity contribution in [3.63, 3.8) is 0 Å². The number of rotatable bonds is 4. The number of carbonyl (C=O) groups is 1. The van der Waals surface area contributed by atoms with E-state index in [0.717, 1.165) is 0 Å². The highest BCUT2D eigenvalue weighted by atomic mass is 35.5. The van der Waals surface area contributed by atoms with E-state index in [-0.39, 0.29) is 21.7 Å². The lowest BCUT2D eigenvalue weighted by molar-refractivity contribution is -0.113. The lowest BCUT2D eigenvalue weighted by Crippen LogP contribution is -2.14. The minimum Gasteiger partial charge on any atom is -0.323 e. The second kappa shape index (κ2) is 7.56. The van der Waals surface area contributed by atoms with Crippen molar-refractivity contribution in [2.45, 2.75) is 5.03 Å². The number of hydrogen-bond acceptors (Lipinski definition) is 3. The molecule has 1 amide bonds. The number of nitrogens with one attached hydrogen (secondary N) is 1. The third kappa shape index (κ3) is 4.94. The zero-order chi connectivity index (χ0) is 15.4. The van der Waals surface area contributed by atoms with E-state index in [9.17, 15) is 4.79 Å². The highest BCUT2D eigenvalue weighted by Crippen LogP contribution is 2.33. The largest absolute Gasteiger partial charge is 0.323 e. The van der Waals surface area contributed by atoms with E-state index in [1.54, 1.807) is 12.1 Å². The number of carbonyl (C=O) groups excluding carboxylic acids is 1. The van der Waals surface area contributed by atoms with Crippen LogP contribution in [0.3, 0.4) is 0 Å². The summed E-state index contributed by atoms with van der Waals surface area (Å²) in [5.74, 6) is -0.0768. The Hall–Kier alpha value is -0.650. The van der Waals surface area contributed by atoms with E-state index in [4.69, 9.17) is 46.4 Å². The number of benzene rings is 1. The van der Waals surface area contributed by atoms with Gasteiger partial charge in [0.25, 0.3) is 0 Å². The van der Waals surface area contributed by atoms with Crippen molar-refractivity contribution in [2.75, 3.05) is 11.1 Å². The van der Waals surface area contributed by atoms with Gasteiger partial charge in [-0.2, -0.15) is 0 Å². The van der Waals surface area contributed by atoms with Gasteiger partial charge in [-0.15, -0.1) is 0 Å². The zero-order valence-electron chi connectivity index (χ0n) is 10.4. The van der Waals surface area contributed by atoms with Crippen LogP contribution in [0, 0.1) is 0 Å². The molecule has 1 heterocycles. The summed E-state index contributed by atoms with van der Waals surface area (Å²) in [6.07, 6.45) is 1.52. The van der Waals surface area contributed by atoms with E-state index in [1.165, 1.54) is 30.1 Å². The highest BCUT2D eigenvalue weighted by molar-refractivity contribution is 7.99. The van der Waals surface area contributed by atoms with E-state index in [0.29, 0.717) is 20.8 Å². The van der Waals surface area contributed by atoms with Gasteiger partial charge in [0.2, 0.25) is 5.91 Å². The molecule has 0 unspecified atom stereocenters. The van der Waals surface area contributed by atoms with Gasteiger partial charge in [0.1, 0.15) is 0 Å². The molecule has 2 rings (SSSR count). The van der Waals surface area contributed by atoms with E-state index >= 15 is 0 Å². The molecule has 0 spiro atoms. The molecule has 110 valence electrons. The third-order valence-corrected chi connectivity index (χ3v) is 4.30. The summed E-state index contributed by atoms with van der Waals surface area (Å²) in [7, 11) is 0. The average Bonchev–Trinajstić information content (AvgIpc) is 2.42. The second-order valence-corrected chi connectivity index (χ2v) is 6.58. The number of anilines is 1. The molecule has 1 aromatic heterocycles. The predicted octanol–water partition coefficient (Wildman–Crippen LogP) is 5.43. The third-order valence-electron chi connectivity index (χ3n) is 2.32. The van der Waals surface area contributed by atoms with Crippen molar-refractivity contribution in [1.82, 2.24) is 4.98 Å². The summed E-state index contributed by atoms with van der Waals surface area (Å²) in [5.41, 5.74) is 0.345. The topological polar surface area (TPSA) is 42.0 Å². The summed E-state index contributed by atoms with van der Waals surface area (Å²) >= 11 is 24.8. The lowest BCUT2D eigenvalue weighted by atomic mass is 10.3. The number of amides is 1. The fourth-order valence-electron chi connectivity index (χ4n) is 1.42. The van der Waals surface area contributed by atoms with E-state index in [2.05, 4.69) is 10.3 Å². The number of thioether (sulfide) groups is 1. The van der Waals surface area contributed by atoms with Crippen molar-refractivity contribution in [2.24, 2.45) is 0 Å². The first-order valence-electron chi connectivity index (χ1n) is 5.64. The Balaban J connectivity index is 1.97. The van der Waals surface area contributed by atoms with Crippen molar-refractivity contribution in [3.05, 3.63) is 50.6 Å². The van der Waals surface area contributed by atoms with Crippen LogP contribution in [0.2, 0.25) is 20.1 Å². The molecule has 0 aliphatic carbocycles. The van der Waals surface area contributed by atoms with Crippen LogP contribution in [0.4, 0.5) is 5.69 Å². The summed E-state index contributed by atoms with van der Waals surface area (Å²) < 4.78 is 0. The molecule has 0 aliphatic heterocycles. The Morgan fingerprint density at radius 2 is 1.76 bits per heavy atom. The van der Waals surface area contributed by atoms with Gasteiger partial charge in [-0.05, 0) is 24.3 Å². The summed E-state index contributed by atoms with van der Waals surface area (Å²) in [4.78, 5) is 16.0. The normalized spacial score (nSPS) is 10.5. The van der Waals surface area contributed by atoms with Crippen LogP contribution >= 0.6 is 58.2 Å². The number of halogens is 4. The molecular weight excluding hydrogens is 374 g/mol. The molecule has 0 atom stereocenters. The van der Waals surface area contributed by atoms with Gasteiger partial charge in [-0.25, -0.2) is 4.98 Å². The minimum absolute atomic E-state index is 0.171. The number of hydrogen-bond donors (Lipinski definition) is 1. The van der Waals surface area contributed by atoms with Crippen LogP contribution < -0.4 is 5.32 Å². The van der Waals surface area contributed by atoms with Gasteiger partial charge in [-0.3, -0.25) is 4.79 Å². The molecule has 0 aliphatic rings. The van der Waals surface area contributed by atoms with Gasteiger partial charge in [0, 0.05) is 11.2 Å². The van der Waals surface area contributed by atoms with Crippen LogP contribution in [0.5, 0.6) is 0 Å². The molecule has 0 bridgehead atoms. The van der Waals surface area contributed by atoms with Crippen molar-refractivity contribution in [1.29, 1.82) is 0 Å². The molecule has 0 radical (unpaired) electrons. The van der Waals surface area contributed by atoms with E-state index in [1.807, 2.05) is 0 Å². The Bertz CT molecular complexity index is 641. The molecule has 0 saturated carbocycles. The molecule has 21 heavy (non-hydrogen) atoms. The number of pyridine rings is 1. The molecule has 0 fully saturated rings. The summed E-state index contributed by atoms with van der Waals surface area (Å²) in [6.45, 7) is 0. The quantitative estimate of drug-likeness (QED) is 0.718. The van der Waals surface area contributed by atoms with Gasteiger partial charge < -0.3 is 5.32 Å². The maximum atomic E-state index is 11.9. The Morgan fingerprint density at radius 1 is 1.10 bits per heavy atom. The lowest BCUT2D eigenvalue weighted by Gasteiger charge is -2.09. The molecular formula is C13H8Cl4N2OS. The predicted molar refractivity (Wildman–Crippen MR) is 90.1 cm³/mol. The Kier molecular flexibility index (Phi) is 6.02. The molecule has 1 aromatic carbocycles. The van der Waals surface area contributed by atoms with Gasteiger partial charge in [-0.1, -0.05) is 58.2 Å². The van der Waals surface area contributed by atoms with Crippen LogP contribution in [0.15, 0.2) is 35.5 Å². The SMILES string of the molecule is O=C(CSc1ccc(Cl)cn1)Nc1c(Cl)cc(Cl)cc1Cl. The zero-order valence-corrected chi connectivity index (χ0v) is 14.2. The standard InChI is InChI=1S/C13H8Cl4N2OS/c14-7-1-2-12(18-5-7)21-6-11(20)19-13-9(16)3-8(15)4-10(13)17/h1-5H,6H2,(H,19,20). The summed E-state index contributed by atoms with van der Waals surface area (Å²) in [5, 5.41) is 4.87. The summed E-state index contributed by atoms with van der Waals surface area (Å²) in [6, 6.07) is 6.47. The second-order valence-electron chi connectivity index (χ2n) is 3.90. The molecule has 2 aromatic rings. The van der Waals surface area contributed by atoms with E-state index < -0.39 is 0 Å². The molecule has 0 saturated heterocycles. The average molecular weight is 382 g/mol. The fraction of sp³-hybridized carbons (Fsp3) is 0.0769. The van der Waals surface area contributed by atoms with Gasteiger partial charge in [0.15, 0.2) is 0 Å². The first-order chi connectivity index (χ1) is 9.95. The van der Waals surface area contributed by atoms with Gasteiger partial charge >= 0.3 is 0 Å². The van der Waals surface area contributed by atoms with Crippen LogP contribution in [-0.4, -0.2) is 16.6 Å². The van der Waals surface area contributed by atoms with Crippen molar-refractivity contribution < 1.29 is 4.79 Å². The highest BCUT2D eigenvalue weighted by Gasteiger charge is 2.11. The van der Waals surface area contributed by atoms with Crippen molar-refractivity contribution >= 4 is 69.8 Å². The monoisotopic (exact) mass is 380 g/mol. The maximum Gasteiger partial charge on any atom is 0.234 e. The van der Waals surface area contributed by atoms with Crippen LogP contribution in [0.25, 0.3) is 0 Å². The maximum absolute atomic E-state index is 11.9. The molecule has 3 nitrogen and oxygen atoms in total. The molecule has 8 heteroatoms. The Morgan fingerprint density at radius 3 is 2.33 bits per heavy atom. The van der Waals surface area contributed by atoms with Crippen LogP contribution in [0.1, 0.15) is 0 Å². The van der Waals surface area contributed by atoms with Crippen LogP contribution in [-0.2, 0) is 4.79 Å². The Labute approximate surface area is 145 Å². The number of nitrogens with zero attached hydrogens (tertiary/aromatic N) is 1. The smallest absolute Gasteiger partial charge is 0.234 e. The van der Waals surface area contributed by atoms with Crippen molar-refractivity contribution in [3.8, 4) is 0 Å². The fourth-order valence-corrected chi connectivity index (χ4v) is 3.09. The number of aromatic nitrogens is 1. The first kappa shape index (κ1) is 16.7. The first-order valence-corrected chi connectivity index (χ1v) is 8.14. The minimum atomic E-state index is -0.247. The molecule has 1 N–H and O–H groups in total. The van der Waals surface area contributed by atoms with Gasteiger partial charge in [0.05, 0.1) is 31.5 Å².